The minimum absolute atomic E-state index is 0.0602. The normalized spacial score (nSPS) is 13.4. The Bertz CT molecular complexity index is 1250. The maximum absolute atomic E-state index is 13.5. The van der Waals surface area contributed by atoms with Crippen molar-refractivity contribution in [2.24, 2.45) is 0 Å². The minimum Gasteiger partial charge on any atom is -0.497 e. The van der Waals surface area contributed by atoms with Crippen molar-refractivity contribution in [2.75, 3.05) is 31.0 Å². The standard InChI is InChI=1S/C26H23FN2O5/c1-4-34-19-11-5-16(6-12-19)23-24(28-21-15-20(32-2)13-14-22(21)33-3)26(31)29(25(23)30)18-9-7-17(27)8-10-18/h5-15,28H,4H2,1-3H3. The number of halogens is 1. The molecule has 3 aromatic rings. The molecule has 0 atom stereocenters. The van der Waals surface area contributed by atoms with E-state index in [9.17, 15) is 14.0 Å². The summed E-state index contributed by atoms with van der Waals surface area (Å²) in [4.78, 5) is 28.0. The van der Waals surface area contributed by atoms with Gasteiger partial charge in [-0.1, -0.05) is 12.1 Å². The summed E-state index contributed by atoms with van der Waals surface area (Å²) in [5, 5.41) is 3.07. The van der Waals surface area contributed by atoms with Crippen LogP contribution in [0.4, 0.5) is 15.8 Å². The van der Waals surface area contributed by atoms with Crippen molar-refractivity contribution in [3.63, 3.8) is 0 Å². The fourth-order valence-electron chi connectivity index (χ4n) is 3.67. The molecule has 0 saturated carbocycles. The molecule has 8 heteroatoms. The second kappa shape index (κ2) is 9.66. The Labute approximate surface area is 196 Å². The number of amides is 2. The highest BCUT2D eigenvalue weighted by molar-refractivity contribution is 6.46. The van der Waals surface area contributed by atoms with Crippen LogP contribution in [0.25, 0.3) is 5.57 Å². The van der Waals surface area contributed by atoms with Gasteiger partial charge < -0.3 is 19.5 Å². The Morgan fingerprint density at radius 2 is 1.53 bits per heavy atom. The molecule has 7 nitrogen and oxygen atoms in total. The lowest BCUT2D eigenvalue weighted by Crippen LogP contribution is -2.32. The summed E-state index contributed by atoms with van der Waals surface area (Å²) in [6.45, 7) is 2.37. The summed E-state index contributed by atoms with van der Waals surface area (Å²) in [5.41, 5.74) is 1.46. The molecule has 0 unspecified atom stereocenters. The molecule has 0 fully saturated rings. The Hall–Kier alpha value is -4.33. The van der Waals surface area contributed by atoms with E-state index in [0.29, 0.717) is 35.1 Å². The van der Waals surface area contributed by atoms with Crippen LogP contribution in [0, 0.1) is 5.82 Å². The van der Waals surface area contributed by atoms with Gasteiger partial charge in [0.1, 0.15) is 28.8 Å². The van der Waals surface area contributed by atoms with Gasteiger partial charge in [0.25, 0.3) is 11.8 Å². The van der Waals surface area contributed by atoms with Crippen molar-refractivity contribution in [3.05, 3.63) is 83.8 Å². The zero-order valence-corrected chi connectivity index (χ0v) is 18.9. The highest BCUT2D eigenvalue weighted by atomic mass is 19.1. The van der Waals surface area contributed by atoms with Gasteiger partial charge in [0.05, 0.1) is 37.8 Å². The number of nitrogens with one attached hydrogen (secondary N) is 1. The number of benzene rings is 3. The van der Waals surface area contributed by atoms with Crippen molar-refractivity contribution in [2.45, 2.75) is 6.92 Å². The van der Waals surface area contributed by atoms with Crippen LogP contribution in [0.15, 0.2) is 72.4 Å². The van der Waals surface area contributed by atoms with Crippen LogP contribution in [0.3, 0.4) is 0 Å². The number of hydrogen-bond acceptors (Lipinski definition) is 6. The lowest BCUT2D eigenvalue weighted by atomic mass is 10.0. The van der Waals surface area contributed by atoms with Crippen molar-refractivity contribution in [1.29, 1.82) is 0 Å². The molecule has 0 radical (unpaired) electrons. The van der Waals surface area contributed by atoms with E-state index in [1.54, 1.807) is 42.5 Å². The predicted octanol–water partition coefficient (Wildman–Crippen LogP) is 4.64. The molecule has 0 bridgehead atoms. The number of carbonyl (C=O) groups is 2. The van der Waals surface area contributed by atoms with Crippen LogP contribution in [0.1, 0.15) is 12.5 Å². The zero-order valence-electron chi connectivity index (χ0n) is 18.9. The van der Waals surface area contributed by atoms with E-state index in [1.807, 2.05) is 6.92 Å². The highest BCUT2D eigenvalue weighted by Crippen LogP contribution is 2.37. The topological polar surface area (TPSA) is 77.1 Å². The molecule has 4 rings (SSSR count). The van der Waals surface area contributed by atoms with Crippen molar-refractivity contribution < 1.29 is 28.2 Å². The Morgan fingerprint density at radius 3 is 2.15 bits per heavy atom. The smallest absolute Gasteiger partial charge is 0.282 e. The molecule has 0 saturated heterocycles. The van der Waals surface area contributed by atoms with Crippen molar-refractivity contribution in [3.8, 4) is 17.2 Å². The first-order chi connectivity index (χ1) is 16.5. The first kappa shape index (κ1) is 22.8. The lowest BCUT2D eigenvalue weighted by Gasteiger charge is -2.16. The van der Waals surface area contributed by atoms with E-state index < -0.39 is 17.6 Å². The molecule has 1 aliphatic rings. The summed E-state index contributed by atoms with van der Waals surface area (Å²) in [5.74, 6) is 0.0546. The van der Waals surface area contributed by atoms with Crippen LogP contribution >= 0.6 is 0 Å². The average molecular weight is 462 g/mol. The van der Waals surface area contributed by atoms with Gasteiger partial charge >= 0.3 is 0 Å². The quantitative estimate of drug-likeness (QED) is 0.492. The first-order valence-electron chi connectivity index (χ1n) is 10.6. The third kappa shape index (κ3) is 4.30. The molecule has 1 N–H and O–H groups in total. The molecule has 1 heterocycles. The number of ether oxygens (including phenoxy) is 3. The summed E-state index contributed by atoms with van der Waals surface area (Å²) in [7, 11) is 3.03. The number of rotatable bonds is 8. The van der Waals surface area contributed by atoms with Gasteiger partial charge in [-0.3, -0.25) is 9.59 Å². The molecular weight excluding hydrogens is 439 g/mol. The number of methoxy groups -OCH3 is 2. The minimum atomic E-state index is -0.578. The van der Waals surface area contributed by atoms with Gasteiger partial charge in [0.15, 0.2) is 0 Å². The van der Waals surface area contributed by atoms with Gasteiger partial charge in [-0.2, -0.15) is 0 Å². The summed E-state index contributed by atoms with van der Waals surface area (Å²) >= 11 is 0. The van der Waals surface area contributed by atoms with Crippen LogP contribution in [0.5, 0.6) is 17.2 Å². The number of anilines is 2. The van der Waals surface area contributed by atoms with E-state index in [1.165, 1.54) is 38.5 Å². The Morgan fingerprint density at radius 1 is 0.853 bits per heavy atom. The number of hydrogen-bond donors (Lipinski definition) is 1. The third-order valence-corrected chi connectivity index (χ3v) is 5.29. The second-order valence-corrected chi connectivity index (χ2v) is 7.32. The predicted molar refractivity (Wildman–Crippen MR) is 127 cm³/mol. The van der Waals surface area contributed by atoms with Crippen LogP contribution in [-0.2, 0) is 9.59 Å². The largest absolute Gasteiger partial charge is 0.497 e. The number of nitrogens with zero attached hydrogens (tertiary/aromatic N) is 1. The summed E-state index contributed by atoms with van der Waals surface area (Å²) in [6.07, 6.45) is 0. The molecule has 3 aromatic carbocycles. The average Bonchev–Trinajstić information content (AvgIpc) is 3.09. The summed E-state index contributed by atoms with van der Waals surface area (Å²) < 4.78 is 29.7. The molecule has 34 heavy (non-hydrogen) atoms. The maximum atomic E-state index is 13.5. The fourth-order valence-corrected chi connectivity index (χ4v) is 3.67. The molecule has 174 valence electrons. The van der Waals surface area contributed by atoms with Gasteiger partial charge in [-0.25, -0.2) is 9.29 Å². The Balaban J connectivity index is 1.82. The fraction of sp³-hybridized carbons (Fsp3) is 0.154. The maximum Gasteiger partial charge on any atom is 0.282 e. The van der Waals surface area contributed by atoms with Crippen LogP contribution in [0.2, 0.25) is 0 Å². The highest BCUT2D eigenvalue weighted by Gasteiger charge is 2.40. The number of imide groups is 1. The zero-order chi connectivity index (χ0) is 24.2. The summed E-state index contributed by atoms with van der Waals surface area (Å²) in [6, 6.07) is 17.1. The van der Waals surface area contributed by atoms with Gasteiger partial charge in [-0.05, 0) is 61.0 Å². The molecule has 2 amide bonds. The first-order valence-corrected chi connectivity index (χ1v) is 10.6. The SMILES string of the molecule is CCOc1ccc(C2=C(Nc3cc(OC)ccc3OC)C(=O)N(c3ccc(F)cc3)C2=O)cc1. The molecular formula is C26H23FN2O5. The lowest BCUT2D eigenvalue weighted by molar-refractivity contribution is -0.120. The van der Waals surface area contributed by atoms with Crippen molar-refractivity contribution in [1.82, 2.24) is 0 Å². The molecule has 0 spiro atoms. The number of carbonyl (C=O) groups excluding carboxylic acids is 2. The Kier molecular flexibility index (Phi) is 6.49. The monoisotopic (exact) mass is 462 g/mol. The molecule has 0 aromatic heterocycles. The van der Waals surface area contributed by atoms with E-state index in [0.717, 1.165) is 4.90 Å². The van der Waals surface area contributed by atoms with Crippen LogP contribution < -0.4 is 24.4 Å². The molecule has 0 aliphatic carbocycles. The van der Waals surface area contributed by atoms with Gasteiger partial charge in [0, 0.05) is 6.07 Å². The second-order valence-electron chi connectivity index (χ2n) is 7.32. The third-order valence-electron chi connectivity index (χ3n) is 5.29. The van der Waals surface area contributed by atoms with E-state index in [2.05, 4.69) is 5.32 Å². The van der Waals surface area contributed by atoms with Crippen LogP contribution in [-0.4, -0.2) is 32.6 Å². The van der Waals surface area contributed by atoms with Gasteiger partial charge in [-0.15, -0.1) is 0 Å². The van der Waals surface area contributed by atoms with Gasteiger partial charge in [0.2, 0.25) is 0 Å². The van der Waals surface area contributed by atoms with E-state index in [-0.39, 0.29) is 17.0 Å². The molecule has 1 aliphatic heterocycles. The van der Waals surface area contributed by atoms with E-state index >= 15 is 0 Å². The van der Waals surface area contributed by atoms with Crippen molar-refractivity contribution >= 4 is 28.8 Å². The van der Waals surface area contributed by atoms with E-state index in [4.69, 9.17) is 14.2 Å².